The van der Waals surface area contributed by atoms with Crippen molar-refractivity contribution in [2.75, 3.05) is 7.05 Å². The number of rotatable bonds is 4. The SMILES string of the molecule is CN1C(=O)C(CC=O)OC(c2ccc(Cl)cc2)C1c1ccc(Cl)cc1. The second-order valence-corrected chi connectivity index (χ2v) is 6.82. The normalized spacial score (nSPS) is 23.6. The summed E-state index contributed by atoms with van der Waals surface area (Å²) < 4.78 is 6.03. The lowest BCUT2D eigenvalue weighted by molar-refractivity contribution is -0.172. The molecule has 6 heteroatoms. The number of ether oxygens (including phenoxy) is 1. The first-order valence-corrected chi connectivity index (χ1v) is 8.63. The van der Waals surface area contributed by atoms with Crippen molar-refractivity contribution in [1.82, 2.24) is 4.90 Å². The lowest BCUT2D eigenvalue weighted by Gasteiger charge is -2.42. The Morgan fingerprint density at radius 1 is 1.00 bits per heavy atom. The fourth-order valence-electron chi connectivity index (χ4n) is 3.09. The second-order valence-electron chi connectivity index (χ2n) is 5.94. The van der Waals surface area contributed by atoms with Crippen LogP contribution in [0.2, 0.25) is 10.0 Å². The molecule has 0 N–H and O–H groups in total. The smallest absolute Gasteiger partial charge is 0.252 e. The lowest BCUT2D eigenvalue weighted by Crippen LogP contribution is -2.49. The molecule has 1 heterocycles. The van der Waals surface area contributed by atoms with Crippen LogP contribution in [0.15, 0.2) is 48.5 Å². The van der Waals surface area contributed by atoms with E-state index in [1.165, 1.54) is 0 Å². The third kappa shape index (κ3) is 3.71. The summed E-state index contributed by atoms with van der Waals surface area (Å²) in [5, 5.41) is 1.24. The molecule has 0 aliphatic carbocycles. The summed E-state index contributed by atoms with van der Waals surface area (Å²) in [6.07, 6.45) is -0.462. The number of hydrogen-bond donors (Lipinski definition) is 0. The minimum absolute atomic E-state index is 0.0284. The molecular formula is C19H17Cl2NO3. The predicted molar refractivity (Wildman–Crippen MR) is 96.7 cm³/mol. The summed E-state index contributed by atoms with van der Waals surface area (Å²) in [5.74, 6) is -0.211. The van der Waals surface area contributed by atoms with Gasteiger partial charge in [0.15, 0.2) is 0 Å². The highest BCUT2D eigenvalue weighted by atomic mass is 35.5. The Morgan fingerprint density at radius 2 is 1.52 bits per heavy atom. The summed E-state index contributed by atoms with van der Waals surface area (Å²) in [4.78, 5) is 25.2. The molecule has 3 rings (SSSR count). The van der Waals surface area contributed by atoms with Gasteiger partial charge in [-0.25, -0.2) is 0 Å². The number of halogens is 2. The third-order valence-electron chi connectivity index (χ3n) is 4.36. The highest BCUT2D eigenvalue weighted by Crippen LogP contribution is 2.41. The summed E-state index contributed by atoms with van der Waals surface area (Å²) in [6.45, 7) is 0. The Balaban J connectivity index is 2.03. The van der Waals surface area contributed by atoms with E-state index in [9.17, 15) is 9.59 Å². The molecule has 1 aliphatic rings. The van der Waals surface area contributed by atoms with Crippen molar-refractivity contribution < 1.29 is 14.3 Å². The standard InChI is InChI=1S/C19H17Cl2NO3/c1-22-17(12-2-6-14(20)7-3-12)18(13-4-8-15(21)9-5-13)25-16(10-11-23)19(22)24/h2-9,11,16-18H,10H2,1H3. The number of hydrogen-bond acceptors (Lipinski definition) is 3. The van der Waals surface area contributed by atoms with Gasteiger partial charge in [-0.05, 0) is 35.4 Å². The van der Waals surface area contributed by atoms with Crippen molar-refractivity contribution in [2.45, 2.75) is 24.7 Å². The van der Waals surface area contributed by atoms with Crippen LogP contribution in [-0.4, -0.2) is 30.2 Å². The summed E-state index contributed by atoms with van der Waals surface area (Å²) in [7, 11) is 1.73. The fourth-order valence-corrected chi connectivity index (χ4v) is 3.34. The number of morpholine rings is 1. The first-order valence-electron chi connectivity index (χ1n) is 7.88. The van der Waals surface area contributed by atoms with Gasteiger partial charge in [0.25, 0.3) is 5.91 Å². The number of aldehydes is 1. The maximum absolute atomic E-state index is 12.6. The van der Waals surface area contributed by atoms with E-state index in [2.05, 4.69) is 0 Å². The number of carbonyl (C=O) groups is 2. The number of carbonyl (C=O) groups excluding carboxylic acids is 2. The number of amides is 1. The molecule has 4 nitrogen and oxygen atoms in total. The van der Waals surface area contributed by atoms with Crippen molar-refractivity contribution in [2.24, 2.45) is 0 Å². The molecule has 0 aromatic heterocycles. The van der Waals surface area contributed by atoms with Crippen LogP contribution < -0.4 is 0 Å². The summed E-state index contributed by atoms with van der Waals surface area (Å²) in [5.41, 5.74) is 1.80. The van der Waals surface area contributed by atoms with Gasteiger partial charge in [0.1, 0.15) is 18.5 Å². The quantitative estimate of drug-likeness (QED) is 0.749. The zero-order valence-corrected chi connectivity index (χ0v) is 15.1. The molecule has 1 amide bonds. The summed E-state index contributed by atoms with van der Waals surface area (Å²) >= 11 is 12.0. The molecule has 0 spiro atoms. The highest BCUT2D eigenvalue weighted by Gasteiger charge is 2.42. The second kappa shape index (κ2) is 7.56. The van der Waals surface area contributed by atoms with Crippen LogP contribution in [-0.2, 0) is 14.3 Å². The average Bonchev–Trinajstić information content (AvgIpc) is 2.61. The molecule has 130 valence electrons. The van der Waals surface area contributed by atoms with Crippen LogP contribution in [0.3, 0.4) is 0 Å². The van der Waals surface area contributed by atoms with E-state index in [0.717, 1.165) is 11.1 Å². The topological polar surface area (TPSA) is 46.6 Å². The van der Waals surface area contributed by atoms with Crippen molar-refractivity contribution in [3.8, 4) is 0 Å². The van der Waals surface area contributed by atoms with E-state index in [-0.39, 0.29) is 18.4 Å². The van der Waals surface area contributed by atoms with Gasteiger partial charge in [-0.3, -0.25) is 4.79 Å². The van der Waals surface area contributed by atoms with E-state index in [1.807, 2.05) is 24.3 Å². The Labute approximate surface area is 156 Å². The third-order valence-corrected chi connectivity index (χ3v) is 4.86. The highest BCUT2D eigenvalue weighted by molar-refractivity contribution is 6.30. The van der Waals surface area contributed by atoms with Gasteiger partial charge in [0.2, 0.25) is 0 Å². The monoisotopic (exact) mass is 377 g/mol. The van der Waals surface area contributed by atoms with Gasteiger partial charge in [-0.15, -0.1) is 0 Å². The van der Waals surface area contributed by atoms with Crippen molar-refractivity contribution >= 4 is 35.4 Å². The Bertz CT molecular complexity index is 761. The summed E-state index contributed by atoms with van der Waals surface area (Å²) in [6, 6.07) is 14.3. The average molecular weight is 378 g/mol. The van der Waals surface area contributed by atoms with Crippen LogP contribution in [0.25, 0.3) is 0 Å². The Hall–Kier alpha value is -1.88. The minimum atomic E-state index is -0.785. The number of benzene rings is 2. The van der Waals surface area contributed by atoms with Crippen LogP contribution in [0.4, 0.5) is 0 Å². The molecular weight excluding hydrogens is 361 g/mol. The van der Waals surface area contributed by atoms with E-state index >= 15 is 0 Å². The molecule has 3 unspecified atom stereocenters. The van der Waals surface area contributed by atoms with Crippen molar-refractivity contribution in [3.05, 3.63) is 69.7 Å². The fraction of sp³-hybridized carbons (Fsp3) is 0.263. The lowest BCUT2D eigenvalue weighted by atomic mass is 9.92. The largest absolute Gasteiger partial charge is 0.357 e. The zero-order chi connectivity index (χ0) is 18.0. The van der Waals surface area contributed by atoms with Gasteiger partial charge in [0.05, 0.1) is 6.04 Å². The van der Waals surface area contributed by atoms with E-state index < -0.39 is 12.2 Å². The molecule has 3 atom stereocenters. The van der Waals surface area contributed by atoms with Gasteiger partial charge < -0.3 is 14.4 Å². The Kier molecular flexibility index (Phi) is 5.42. The molecule has 0 bridgehead atoms. The van der Waals surface area contributed by atoms with Gasteiger partial charge in [0, 0.05) is 23.5 Å². The molecule has 1 fully saturated rings. The van der Waals surface area contributed by atoms with Crippen LogP contribution >= 0.6 is 23.2 Å². The minimum Gasteiger partial charge on any atom is -0.357 e. The molecule has 25 heavy (non-hydrogen) atoms. The first-order chi connectivity index (χ1) is 12.0. The number of nitrogens with zero attached hydrogens (tertiary/aromatic N) is 1. The first kappa shape index (κ1) is 17.9. The predicted octanol–water partition coefficient (Wildman–Crippen LogP) is 4.22. The maximum Gasteiger partial charge on any atom is 0.252 e. The van der Waals surface area contributed by atoms with Crippen LogP contribution in [0, 0.1) is 0 Å². The van der Waals surface area contributed by atoms with Crippen molar-refractivity contribution in [3.63, 3.8) is 0 Å². The van der Waals surface area contributed by atoms with E-state index in [0.29, 0.717) is 16.3 Å². The van der Waals surface area contributed by atoms with Crippen molar-refractivity contribution in [1.29, 1.82) is 0 Å². The zero-order valence-electron chi connectivity index (χ0n) is 13.6. The van der Waals surface area contributed by atoms with Crippen LogP contribution in [0.5, 0.6) is 0 Å². The molecule has 2 aromatic rings. The molecule has 0 radical (unpaired) electrons. The number of likely N-dealkylation sites (N-methyl/N-ethyl adjacent to an activating group) is 1. The molecule has 1 aliphatic heterocycles. The maximum atomic E-state index is 12.6. The van der Waals surface area contributed by atoms with Gasteiger partial charge >= 0.3 is 0 Å². The van der Waals surface area contributed by atoms with Crippen LogP contribution in [0.1, 0.15) is 29.7 Å². The van der Waals surface area contributed by atoms with Gasteiger partial charge in [-0.2, -0.15) is 0 Å². The van der Waals surface area contributed by atoms with E-state index in [1.54, 1.807) is 36.2 Å². The molecule has 1 saturated heterocycles. The van der Waals surface area contributed by atoms with E-state index in [4.69, 9.17) is 27.9 Å². The Morgan fingerprint density at radius 3 is 2.04 bits per heavy atom. The molecule has 2 aromatic carbocycles. The molecule has 0 saturated carbocycles. The van der Waals surface area contributed by atoms with Gasteiger partial charge in [-0.1, -0.05) is 47.5 Å².